The van der Waals surface area contributed by atoms with Gasteiger partial charge in [0.05, 0.1) is 22.8 Å². The number of aliphatic hydroxyl groups is 2. The van der Waals surface area contributed by atoms with Gasteiger partial charge in [0.15, 0.2) is 0 Å². The first kappa shape index (κ1) is 16.1. The number of nitrogens with zero attached hydrogens (tertiary/aromatic N) is 2. The molecule has 2 N–H and O–H groups in total. The first-order chi connectivity index (χ1) is 11.0. The molecule has 2 atom stereocenters. The molecule has 0 fully saturated rings. The highest BCUT2D eigenvalue weighted by molar-refractivity contribution is 7.15. The highest BCUT2D eigenvalue weighted by Crippen LogP contribution is 2.40. The Morgan fingerprint density at radius 1 is 1.48 bits per heavy atom. The molecule has 0 saturated carbocycles. The van der Waals surface area contributed by atoms with Crippen LogP contribution < -0.4 is 4.90 Å². The van der Waals surface area contributed by atoms with Crippen molar-refractivity contribution in [3.63, 3.8) is 0 Å². The molecule has 0 spiro atoms. The predicted octanol–water partition coefficient (Wildman–Crippen LogP) is 2.83. The van der Waals surface area contributed by atoms with Crippen LogP contribution >= 0.6 is 11.3 Å². The van der Waals surface area contributed by atoms with E-state index in [1.54, 1.807) is 14.0 Å². The van der Waals surface area contributed by atoms with Crippen LogP contribution in [0.15, 0.2) is 18.2 Å². The second-order valence-corrected chi connectivity index (χ2v) is 6.93. The largest absolute Gasteiger partial charge is 0.389 e. The summed E-state index contributed by atoms with van der Waals surface area (Å²) < 4.78 is 0. The lowest BCUT2D eigenvalue weighted by Gasteiger charge is -2.16. The molecular weight excluding hydrogens is 312 g/mol. The number of amides is 1. The van der Waals surface area contributed by atoms with E-state index in [0.717, 1.165) is 58.1 Å². The molecule has 0 radical (unpaired) electrons. The number of benzene rings is 1. The molecule has 122 valence electrons. The number of carbonyl (C=O) groups is 1. The summed E-state index contributed by atoms with van der Waals surface area (Å²) in [5.41, 5.74) is 3.28. The van der Waals surface area contributed by atoms with Gasteiger partial charge in [-0.1, -0.05) is 0 Å². The Morgan fingerprint density at radius 3 is 2.91 bits per heavy atom. The highest BCUT2D eigenvalue weighted by Gasteiger charge is 2.24. The molecule has 23 heavy (non-hydrogen) atoms. The summed E-state index contributed by atoms with van der Waals surface area (Å²) in [6.45, 7) is 1.70. The van der Waals surface area contributed by atoms with E-state index < -0.39 is 12.2 Å². The van der Waals surface area contributed by atoms with Crippen LogP contribution in [0.2, 0.25) is 0 Å². The summed E-state index contributed by atoms with van der Waals surface area (Å²) in [6.07, 6.45) is 2.25. The van der Waals surface area contributed by atoms with Gasteiger partial charge in [-0.3, -0.25) is 4.79 Å². The van der Waals surface area contributed by atoms with Crippen molar-refractivity contribution < 1.29 is 15.0 Å². The van der Waals surface area contributed by atoms with Crippen LogP contribution in [0.3, 0.4) is 0 Å². The Bertz CT molecular complexity index is 727. The maximum absolute atomic E-state index is 10.9. The molecule has 5 nitrogen and oxygen atoms in total. The van der Waals surface area contributed by atoms with Gasteiger partial charge in [0.2, 0.25) is 6.41 Å². The monoisotopic (exact) mass is 332 g/mol. The number of carbonyl (C=O) groups excluding carboxylic acids is 1. The minimum Gasteiger partial charge on any atom is -0.389 e. The number of rotatable bonds is 4. The van der Waals surface area contributed by atoms with E-state index in [1.165, 1.54) is 16.2 Å². The smallest absolute Gasteiger partial charge is 0.213 e. The van der Waals surface area contributed by atoms with Gasteiger partial charge < -0.3 is 15.1 Å². The van der Waals surface area contributed by atoms with Crippen LogP contribution in [-0.2, 0) is 11.2 Å². The van der Waals surface area contributed by atoms with E-state index >= 15 is 0 Å². The van der Waals surface area contributed by atoms with Crippen molar-refractivity contribution in [2.45, 2.75) is 38.4 Å². The Kier molecular flexibility index (Phi) is 4.48. The highest BCUT2D eigenvalue weighted by atomic mass is 32.1. The number of anilines is 1. The van der Waals surface area contributed by atoms with Crippen molar-refractivity contribution in [3.05, 3.63) is 34.3 Å². The molecule has 1 aromatic heterocycles. The Labute approximate surface area is 139 Å². The molecule has 1 amide bonds. The zero-order valence-electron chi connectivity index (χ0n) is 13.2. The number of fused-ring (bicyclic) bond motifs is 1. The summed E-state index contributed by atoms with van der Waals surface area (Å²) >= 11 is 1.49. The third kappa shape index (κ3) is 3.02. The van der Waals surface area contributed by atoms with Crippen molar-refractivity contribution in [3.8, 4) is 10.6 Å². The topological polar surface area (TPSA) is 73.7 Å². The van der Waals surface area contributed by atoms with E-state index in [2.05, 4.69) is 4.98 Å². The fraction of sp³-hybridized carbons (Fsp3) is 0.412. The molecule has 0 bridgehead atoms. The van der Waals surface area contributed by atoms with Crippen molar-refractivity contribution in [2.75, 3.05) is 11.9 Å². The first-order valence-corrected chi connectivity index (χ1v) is 8.51. The standard InChI is InChI=1S/C17H20N2O3S/c1-10(21)13-8-11(19(2)9-20)6-7-12(13)17-18-14-4-3-5-15(22)16(14)23-17/h6-10,15,21-22H,3-5H2,1-2H3. The van der Waals surface area contributed by atoms with Crippen LogP contribution in [0.5, 0.6) is 0 Å². The molecule has 1 aliphatic rings. The van der Waals surface area contributed by atoms with E-state index in [0.29, 0.717) is 0 Å². The number of aliphatic hydroxyl groups excluding tert-OH is 2. The predicted molar refractivity (Wildman–Crippen MR) is 90.5 cm³/mol. The Morgan fingerprint density at radius 2 is 2.26 bits per heavy atom. The molecule has 1 aliphatic carbocycles. The van der Waals surface area contributed by atoms with Crippen LogP contribution in [0.4, 0.5) is 5.69 Å². The van der Waals surface area contributed by atoms with Gasteiger partial charge in [-0.2, -0.15) is 0 Å². The van der Waals surface area contributed by atoms with Gasteiger partial charge in [-0.05, 0) is 49.9 Å². The van der Waals surface area contributed by atoms with Crippen molar-refractivity contribution >= 4 is 23.4 Å². The number of thiazole rings is 1. The molecule has 3 rings (SSSR count). The van der Waals surface area contributed by atoms with Gasteiger partial charge >= 0.3 is 0 Å². The normalized spacial score (nSPS) is 18.3. The van der Waals surface area contributed by atoms with E-state index in [1.807, 2.05) is 18.2 Å². The molecule has 1 heterocycles. The zero-order chi connectivity index (χ0) is 16.6. The quantitative estimate of drug-likeness (QED) is 0.845. The maximum atomic E-state index is 10.9. The number of aromatic nitrogens is 1. The molecule has 2 aromatic rings. The average Bonchev–Trinajstić information content (AvgIpc) is 2.99. The minimum atomic E-state index is -0.671. The first-order valence-electron chi connectivity index (χ1n) is 7.69. The Balaban J connectivity index is 2.07. The van der Waals surface area contributed by atoms with Crippen LogP contribution in [0, 0.1) is 0 Å². The van der Waals surface area contributed by atoms with Crippen LogP contribution in [0.25, 0.3) is 10.6 Å². The third-order valence-corrected chi connectivity index (χ3v) is 5.43. The summed E-state index contributed by atoms with van der Waals surface area (Å²) in [7, 11) is 1.67. The summed E-state index contributed by atoms with van der Waals surface area (Å²) in [5.74, 6) is 0. The van der Waals surface area contributed by atoms with Gasteiger partial charge in [0.25, 0.3) is 0 Å². The van der Waals surface area contributed by atoms with Crippen LogP contribution in [0.1, 0.15) is 48.1 Å². The zero-order valence-corrected chi connectivity index (χ0v) is 14.0. The summed E-state index contributed by atoms with van der Waals surface area (Å²) in [5, 5.41) is 21.1. The average molecular weight is 332 g/mol. The number of hydrogen-bond donors (Lipinski definition) is 2. The third-order valence-electron chi connectivity index (χ3n) is 4.20. The molecule has 0 aliphatic heterocycles. The lowest BCUT2D eigenvalue weighted by Crippen LogP contribution is -2.14. The minimum absolute atomic E-state index is 0.430. The Hall–Kier alpha value is -1.76. The summed E-state index contributed by atoms with van der Waals surface area (Å²) in [4.78, 5) is 18.0. The number of aryl methyl sites for hydroxylation is 1. The second-order valence-electron chi connectivity index (χ2n) is 5.90. The van der Waals surface area contributed by atoms with E-state index in [4.69, 9.17) is 0 Å². The fourth-order valence-electron chi connectivity index (χ4n) is 2.88. The van der Waals surface area contributed by atoms with Crippen LogP contribution in [-0.4, -0.2) is 28.7 Å². The van der Waals surface area contributed by atoms with Crippen molar-refractivity contribution in [1.29, 1.82) is 0 Å². The van der Waals surface area contributed by atoms with E-state index in [9.17, 15) is 15.0 Å². The van der Waals surface area contributed by atoms with E-state index in [-0.39, 0.29) is 0 Å². The van der Waals surface area contributed by atoms with Gasteiger partial charge in [-0.15, -0.1) is 11.3 Å². The summed E-state index contributed by atoms with van der Waals surface area (Å²) in [6, 6.07) is 5.53. The van der Waals surface area contributed by atoms with Crippen molar-refractivity contribution in [1.82, 2.24) is 4.98 Å². The fourth-order valence-corrected chi connectivity index (χ4v) is 4.06. The maximum Gasteiger partial charge on any atom is 0.213 e. The molecule has 2 unspecified atom stereocenters. The van der Waals surface area contributed by atoms with Gasteiger partial charge in [0.1, 0.15) is 5.01 Å². The van der Waals surface area contributed by atoms with Gasteiger partial charge in [-0.25, -0.2) is 4.98 Å². The molecule has 0 saturated heterocycles. The lowest BCUT2D eigenvalue weighted by atomic mass is 10.00. The molecule has 1 aromatic carbocycles. The second kappa shape index (κ2) is 6.39. The lowest BCUT2D eigenvalue weighted by molar-refractivity contribution is -0.107. The molecular formula is C17H20N2O3S. The SMILES string of the molecule is CC(O)c1cc(N(C)C=O)ccc1-c1nc2c(s1)C(O)CCC2. The van der Waals surface area contributed by atoms with Gasteiger partial charge in [0, 0.05) is 18.3 Å². The molecule has 6 heteroatoms. The number of hydrogen-bond acceptors (Lipinski definition) is 5. The van der Waals surface area contributed by atoms with Crippen molar-refractivity contribution in [2.24, 2.45) is 0 Å².